The number of nitrogens with one attached hydrogen (secondary N) is 1. The summed E-state index contributed by atoms with van der Waals surface area (Å²) < 4.78 is 12.1. The Hall–Kier alpha value is -0.380. The summed E-state index contributed by atoms with van der Waals surface area (Å²) in [6.07, 6.45) is 0. The molecule has 0 bridgehead atoms. The third-order valence-corrected chi connectivity index (χ3v) is 5.48. The predicted octanol–water partition coefficient (Wildman–Crippen LogP) is 2.90. The first-order chi connectivity index (χ1) is 7.89. The molecular weight excluding hydrogens is 254 g/mol. The van der Waals surface area contributed by atoms with Crippen LogP contribution in [0, 0.1) is 0 Å². The van der Waals surface area contributed by atoms with E-state index in [1.54, 1.807) is 0 Å². The van der Waals surface area contributed by atoms with Gasteiger partial charge >= 0.3 is 0 Å². The average Bonchev–Trinajstić information content (AvgIpc) is 2.23. The number of rotatable bonds is 1. The molecule has 1 fully saturated rings. The lowest BCUT2D eigenvalue weighted by Gasteiger charge is -2.40. The Morgan fingerprint density at radius 3 is 2.82 bits per heavy atom. The summed E-state index contributed by atoms with van der Waals surface area (Å²) in [7, 11) is -0.797. The molecule has 1 saturated heterocycles. The predicted molar refractivity (Wildman–Crippen MR) is 73.9 cm³/mol. The highest BCUT2D eigenvalue weighted by atomic mass is 35.5. The zero-order chi connectivity index (χ0) is 12.6. The third-order valence-electron chi connectivity index (χ3n) is 3.14. The molecule has 0 amide bonds. The first kappa shape index (κ1) is 13.1. The first-order valence-electron chi connectivity index (χ1n) is 5.79. The van der Waals surface area contributed by atoms with Crippen molar-refractivity contribution < 1.29 is 4.21 Å². The Bertz CT molecular complexity index is 447. The summed E-state index contributed by atoms with van der Waals surface area (Å²) in [5.41, 5.74) is 1.02. The van der Waals surface area contributed by atoms with Gasteiger partial charge < -0.3 is 5.32 Å². The summed E-state index contributed by atoms with van der Waals surface area (Å²) in [6.45, 7) is 6.21. The van der Waals surface area contributed by atoms with Crippen LogP contribution in [0.2, 0.25) is 5.02 Å². The van der Waals surface area contributed by atoms with Gasteiger partial charge in [0.05, 0.1) is 5.25 Å². The van der Waals surface area contributed by atoms with Crippen molar-refractivity contribution in [2.24, 2.45) is 0 Å². The Morgan fingerprint density at radius 1 is 1.47 bits per heavy atom. The van der Waals surface area contributed by atoms with Crippen molar-refractivity contribution >= 4 is 22.4 Å². The third kappa shape index (κ3) is 2.90. The molecule has 1 N–H and O–H groups in total. The van der Waals surface area contributed by atoms with Gasteiger partial charge in [-0.15, -0.1) is 0 Å². The van der Waals surface area contributed by atoms with Gasteiger partial charge in [0.2, 0.25) is 0 Å². The highest BCUT2D eigenvalue weighted by Gasteiger charge is 2.37. The van der Waals surface area contributed by atoms with Gasteiger partial charge in [0.1, 0.15) is 0 Å². The van der Waals surface area contributed by atoms with Crippen LogP contribution in [0.25, 0.3) is 0 Å². The SMILES string of the molecule is CC1C(c2cccc(Cl)c2)NC(C)(C)CS1=O. The largest absolute Gasteiger partial charge is 0.303 e. The highest BCUT2D eigenvalue weighted by Crippen LogP contribution is 2.30. The van der Waals surface area contributed by atoms with Gasteiger partial charge in [-0.3, -0.25) is 4.21 Å². The Labute approximate surface area is 110 Å². The number of benzene rings is 1. The van der Waals surface area contributed by atoms with E-state index in [9.17, 15) is 4.21 Å². The molecule has 0 aromatic heterocycles. The lowest BCUT2D eigenvalue weighted by Crippen LogP contribution is -2.55. The average molecular weight is 272 g/mol. The monoisotopic (exact) mass is 271 g/mol. The molecular formula is C13H18ClNOS. The lowest BCUT2D eigenvalue weighted by atomic mass is 9.99. The second-order valence-electron chi connectivity index (χ2n) is 5.29. The van der Waals surface area contributed by atoms with E-state index in [0.29, 0.717) is 5.75 Å². The van der Waals surface area contributed by atoms with Crippen molar-refractivity contribution in [1.29, 1.82) is 0 Å². The summed E-state index contributed by atoms with van der Waals surface area (Å²) in [5.74, 6) is 0.700. The van der Waals surface area contributed by atoms with E-state index in [2.05, 4.69) is 19.2 Å². The quantitative estimate of drug-likeness (QED) is 0.851. The van der Waals surface area contributed by atoms with Crippen LogP contribution in [0.3, 0.4) is 0 Å². The molecule has 1 aromatic rings. The van der Waals surface area contributed by atoms with E-state index in [1.165, 1.54) is 0 Å². The van der Waals surface area contributed by atoms with E-state index in [1.807, 2.05) is 31.2 Å². The van der Waals surface area contributed by atoms with Crippen LogP contribution < -0.4 is 5.32 Å². The molecule has 0 radical (unpaired) electrons. The molecule has 0 aliphatic carbocycles. The zero-order valence-electron chi connectivity index (χ0n) is 10.4. The Balaban J connectivity index is 2.33. The fourth-order valence-electron chi connectivity index (χ4n) is 2.27. The lowest BCUT2D eigenvalue weighted by molar-refractivity contribution is 0.344. The second-order valence-corrected chi connectivity index (χ2v) is 7.52. The molecule has 3 unspecified atom stereocenters. The molecule has 0 saturated carbocycles. The number of hydrogen-bond donors (Lipinski definition) is 1. The van der Waals surface area contributed by atoms with Gasteiger partial charge in [-0.2, -0.15) is 0 Å². The van der Waals surface area contributed by atoms with Crippen LogP contribution in [0.15, 0.2) is 24.3 Å². The van der Waals surface area contributed by atoms with E-state index in [4.69, 9.17) is 11.6 Å². The minimum atomic E-state index is -0.797. The molecule has 1 heterocycles. The number of halogens is 1. The number of hydrogen-bond acceptors (Lipinski definition) is 2. The molecule has 3 atom stereocenters. The molecule has 0 spiro atoms. The van der Waals surface area contributed by atoms with E-state index in [-0.39, 0.29) is 16.8 Å². The summed E-state index contributed by atoms with van der Waals surface area (Å²) in [4.78, 5) is 0. The van der Waals surface area contributed by atoms with Gasteiger partial charge in [-0.1, -0.05) is 23.7 Å². The molecule has 17 heavy (non-hydrogen) atoms. The van der Waals surface area contributed by atoms with Crippen LogP contribution in [-0.4, -0.2) is 20.8 Å². The van der Waals surface area contributed by atoms with Crippen molar-refractivity contribution in [3.05, 3.63) is 34.9 Å². The molecule has 1 aliphatic heterocycles. The molecule has 4 heteroatoms. The van der Waals surface area contributed by atoms with E-state index >= 15 is 0 Å². The van der Waals surface area contributed by atoms with Gasteiger partial charge in [0.15, 0.2) is 0 Å². The normalized spacial score (nSPS) is 32.4. The van der Waals surface area contributed by atoms with Crippen LogP contribution in [-0.2, 0) is 10.8 Å². The van der Waals surface area contributed by atoms with Crippen molar-refractivity contribution in [3.63, 3.8) is 0 Å². The minimum Gasteiger partial charge on any atom is -0.303 e. The molecule has 2 rings (SSSR count). The first-order valence-corrected chi connectivity index (χ1v) is 7.55. The molecule has 1 aliphatic rings. The maximum atomic E-state index is 12.1. The van der Waals surface area contributed by atoms with Crippen LogP contribution in [0.1, 0.15) is 32.4 Å². The highest BCUT2D eigenvalue weighted by molar-refractivity contribution is 7.85. The Kier molecular flexibility index (Phi) is 3.62. The topological polar surface area (TPSA) is 29.1 Å². The standard InChI is InChI=1S/C13H18ClNOS/c1-9-12(10-5-4-6-11(14)7-10)15-13(2,3)8-17(9)16/h4-7,9,12,15H,8H2,1-3H3. The van der Waals surface area contributed by atoms with Crippen LogP contribution >= 0.6 is 11.6 Å². The molecule has 2 nitrogen and oxygen atoms in total. The maximum Gasteiger partial charge on any atom is 0.0515 e. The van der Waals surface area contributed by atoms with Gasteiger partial charge in [0.25, 0.3) is 0 Å². The second kappa shape index (κ2) is 4.71. The Morgan fingerprint density at radius 2 is 2.18 bits per heavy atom. The van der Waals surface area contributed by atoms with Gasteiger partial charge in [0, 0.05) is 33.2 Å². The fourth-order valence-corrected chi connectivity index (χ4v) is 4.06. The van der Waals surface area contributed by atoms with E-state index < -0.39 is 10.8 Å². The summed E-state index contributed by atoms with van der Waals surface area (Å²) in [6, 6.07) is 7.91. The van der Waals surface area contributed by atoms with Crippen molar-refractivity contribution in [1.82, 2.24) is 5.32 Å². The maximum absolute atomic E-state index is 12.1. The van der Waals surface area contributed by atoms with E-state index in [0.717, 1.165) is 10.6 Å². The zero-order valence-corrected chi connectivity index (χ0v) is 11.9. The van der Waals surface area contributed by atoms with Gasteiger partial charge in [-0.25, -0.2) is 0 Å². The van der Waals surface area contributed by atoms with Crippen molar-refractivity contribution in [2.45, 2.75) is 37.6 Å². The summed E-state index contributed by atoms with van der Waals surface area (Å²) >= 11 is 6.02. The molecule has 94 valence electrons. The van der Waals surface area contributed by atoms with Crippen molar-refractivity contribution in [3.8, 4) is 0 Å². The van der Waals surface area contributed by atoms with Crippen LogP contribution in [0.5, 0.6) is 0 Å². The fraction of sp³-hybridized carbons (Fsp3) is 0.538. The van der Waals surface area contributed by atoms with Crippen molar-refractivity contribution in [2.75, 3.05) is 5.75 Å². The smallest absolute Gasteiger partial charge is 0.0515 e. The molecule has 1 aromatic carbocycles. The van der Waals surface area contributed by atoms with Gasteiger partial charge in [-0.05, 0) is 38.5 Å². The minimum absolute atomic E-state index is 0.0929. The van der Waals surface area contributed by atoms with Crippen LogP contribution in [0.4, 0.5) is 0 Å². The summed E-state index contributed by atoms with van der Waals surface area (Å²) in [5, 5.41) is 4.40.